The molecule has 3 rings (SSSR count). The van der Waals surface area contributed by atoms with Gasteiger partial charge in [0.05, 0.1) is 23.3 Å². The van der Waals surface area contributed by atoms with Gasteiger partial charge in [0.2, 0.25) is 5.91 Å². The van der Waals surface area contributed by atoms with Crippen LogP contribution in [0.4, 0.5) is 32.0 Å². The number of hydrogen-bond acceptors (Lipinski definition) is 3. The van der Waals surface area contributed by atoms with Gasteiger partial charge in [0, 0.05) is 23.2 Å². The van der Waals surface area contributed by atoms with Crippen LogP contribution >= 0.6 is 0 Å². The van der Waals surface area contributed by atoms with E-state index in [1.165, 1.54) is 41.4 Å². The average molecular weight is 489 g/mol. The summed E-state index contributed by atoms with van der Waals surface area (Å²) in [6.07, 6.45) is -1.96. The number of anilines is 1. The Labute approximate surface area is 186 Å². The van der Waals surface area contributed by atoms with Crippen molar-refractivity contribution in [3.63, 3.8) is 0 Å². The van der Waals surface area contributed by atoms with Crippen LogP contribution in [0.25, 0.3) is 5.69 Å². The van der Waals surface area contributed by atoms with Crippen molar-refractivity contribution >= 4 is 22.4 Å². The molecule has 1 heterocycles. The molecule has 1 N–H and O–H groups in total. The van der Waals surface area contributed by atoms with E-state index in [0.717, 1.165) is 18.2 Å². The highest BCUT2D eigenvalue weighted by Crippen LogP contribution is 2.35. The molecule has 0 aliphatic carbocycles. The zero-order valence-corrected chi connectivity index (χ0v) is 17.8. The topological polar surface area (TPSA) is 64.0 Å². The first-order chi connectivity index (χ1) is 15.3. The maximum absolute atomic E-state index is 13.6. The van der Waals surface area contributed by atoms with Crippen LogP contribution in [0.3, 0.4) is 0 Å². The van der Waals surface area contributed by atoms with E-state index in [-0.39, 0.29) is 24.2 Å². The summed E-state index contributed by atoms with van der Waals surface area (Å²) in [6, 6.07) is 8.12. The fourth-order valence-electron chi connectivity index (χ4n) is 3.01. The van der Waals surface area contributed by atoms with Crippen LogP contribution in [0.1, 0.15) is 23.2 Å². The molecule has 0 radical (unpaired) electrons. The molecule has 1 atom stereocenters. The number of nitrogens with zero attached hydrogens (tertiary/aromatic N) is 2. The largest absolute Gasteiger partial charge is 0.475 e. The van der Waals surface area contributed by atoms with E-state index >= 15 is 0 Å². The van der Waals surface area contributed by atoms with Gasteiger partial charge in [-0.1, -0.05) is 12.1 Å². The highest BCUT2D eigenvalue weighted by atomic mass is 32.2. The average Bonchev–Trinajstić information content (AvgIpc) is 3.17. The second kappa shape index (κ2) is 9.38. The Hall–Kier alpha value is -3.15. The van der Waals surface area contributed by atoms with Crippen molar-refractivity contribution in [3.8, 4) is 5.69 Å². The van der Waals surface area contributed by atoms with Crippen LogP contribution in [-0.2, 0) is 28.2 Å². The summed E-state index contributed by atoms with van der Waals surface area (Å²) < 4.78 is 90.7. The van der Waals surface area contributed by atoms with Gasteiger partial charge in [-0.2, -0.15) is 26.3 Å². The molecule has 176 valence electrons. The molecule has 2 aromatic carbocycles. The summed E-state index contributed by atoms with van der Waals surface area (Å²) in [5.41, 5.74) is -4.97. The number of carbonyl (C=O) groups is 1. The van der Waals surface area contributed by atoms with Gasteiger partial charge >= 0.3 is 11.7 Å². The highest BCUT2D eigenvalue weighted by molar-refractivity contribution is 7.86. The SMILES string of the molecule is Cc1cn(-c2ccc(NC(=O)CCc3ccc(S(=O)C(F)(F)F)cc3)cc2C(F)(F)F)cn1. The van der Waals surface area contributed by atoms with Gasteiger partial charge in [-0.15, -0.1) is 0 Å². The maximum atomic E-state index is 13.6. The predicted molar refractivity (Wildman–Crippen MR) is 109 cm³/mol. The van der Waals surface area contributed by atoms with Crippen molar-refractivity contribution < 1.29 is 35.3 Å². The number of aromatic nitrogens is 2. The molecule has 0 saturated carbocycles. The molecular weight excluding hydrogens is 472 g/mol. The van der Waals surface area contributed by atoms with Crippen molar-refractivity contribution in [2.45, 2.75) is 36.3 Å². The predicted octanol–water partition coefficient (Wildman–Crippen LogP) is 5.40. The Bertz CT molecular complexity index is 1170. The Balaban J connectivity index is 1.67. The van der Waals surface area contributed by atoms with Gasteiger partial charge in [-0.05, 0) is 49.2 Å². The minimum Gasteiger partial charge on any atom is -0.326 e. The van der Waals surface area contributed by atoms with Crippen LogP contribution in [0.15, 0.2) is 59.9 Å². The first kappa shape index (κ1) is 24.5. The van der Waals surface area contributed by atoms with Crippen molar-refractivity contribution in [2.24, 2.45) is 0 Å². The molecule has 0 fully saturated rings. The fourth-order valence-corrected chi connectivity index (χ4v) is 3.66. The first-order valence-corrected chi connectivity index (χ1v) is 10.6. The number of carbonyl (C=O) groups excluding carboxylic acids is 1. The number of rotatable bonds is 6. The van der Waals surface area contributed by atoms with Gasteiger partial charge in [0.15, 0.2) is 10.8 Å². The summed E-state index contributed by atoms with van der Waals surface area (Å²) in [7, 11) is -3.15. The lowest BCUT2D eigenvalue weighted by atomic mass is 10.1. The van der Waals surface area contributed by atoms with Gasteiger partial charge in [-0.3, -0.25) is 4.79 Å². The Morgan fingerprint density at radius 1 is 1.06 bits per heavy atom. The van der Waals surface area contributed by atoms with Gasteiger partial charge in [0.25, 0.3) is 0 Å². The van der Waals surface area contributed by atoms with Crippen molar-refractivity contribution in [3.05, 3.63) is 71.8 Å². The molecular formula is C21H17F6N3O2S. The summed E-state index contributed by atoms with van der Waals surface area (Å²) in [5.74, 6) is -0.572. The van der Waals surface area contributed by atoms with Gasteiger partial charge in [0.1, 0.15) is 0 Å². The molecule has 5 nitrogen and oxygen atoms in total. The number of aryl methyl sites for hydroxylation is 2. The molecule has 33 heavy (non-hydrogen) atoms. The molecule has 0 spiro atoms. The number of nitrogens with one attached hydrogen (secondary N) is 1. The minimum absolute atomic E-state index is 0.0520. The number of halogens is 6. The van der Waals surface area contributed by atoms with Crippen LogP contribution < -0.4 is 5.32 Å². The highest BCUT2D eigenvalue weighted by Gasteiger charge is 2.38. The zero-order chi connectivity index (χ0) is 24.4. The van der Waals surface area contributed by atoms with Crippen molar-refractivity contribution in [1.29, 1.82) is 0 Å². The van der Waals surface area contributed by atoms with Gasteiger partial charge < -0.3 is 9.88 Å². The maximum Gasteiger partial charge on any atom is 0.475 e. The number of alkyl halides is 6. The van der Waals surface area contributed by atoms with E-state index in [1.54, 1.807) is 6.92 Å². The first-order valence-electron chi connectivity index (χ1n) is 9.44. The minimum atomic E-state index is -4.87. The fraction of sp³-hybridized carbons (Fsp3) is 0.238. The lowest BCUT2D eigenvalue weighted by Gasteiger charge is -2.15. The van der Waals surface area contributed by atoms with E-state index in [0.29, 0.717) is 11.3 Å². The van der Waals surface area contributed by atoms with E-state index in [2.05, 4.69) is 10.3 Å². The van der Waals surface area contributed by atoms with Crippen LogP contribution in [-0.4, -0.2) is 25.2 Å². The standard InChI is InChI=1S/C21H17F6N3O2S/c1-13-11-30(12-28-13)18-8-5-15(10-17(18)20(22,23)24)29-19(31)9-4-14-2-6-16(7-3-14)33(32)21(25,26)27/h2-3,5-8,10-12H,4,9H2,1H3,(H,29,31). The van der Waals surface area contributed by atoms with E-state index in [4.69, 9.17) is 0 Å². The van der Waals surface area contributed by atoms with E-state index in [1.807, 2.05) is 0 Å². The number of hydrogen-bond donors (Lipinski definition) is 1. The lowest BCUT2D eigenvalue weighted by molar-refractivity contribution is -0.137. The molecule has 1 amide bonds. The normalized spacial score (nSPS) is 13.1. The van der Waals surface area contributed by atoms with E-state index in [9.17, 15) is 35.3 Å². The molecule has 1 unspecified atom stereocenters. The number of benzene rings is 2. The summed E-state index contributed by atoms with van der Waals surface area (Å²) in [5, 5.41) is 2.40. The summed E-state index contributed by atoms with van der Waals surface area (Å²) in [4.78, 5) is 15.7. The summed E-state index contributed by atoms with van der Waals surface area (Å²) in [6.45, 7) is 1.64. The van der Waals surface area contributed by atoms with Crippen molar-refractivity contribution in [2.75, 3.05) is 5.32 Å². The monoisotopic (exact) mass is 489 g/mol. The van der Waals surface area contributed by atoms with E-state index < -0.39 is 38.9 Å². The molecule has 0 aliphatic heterocycles. The quantitative estimate of drug-likeness (QED) is 0.472. The van der Waals surface area contributed by atoms with Gasteiger partial charge in [-0.25, -0.2) is 9.19 Å². The zero-order valence-electron chi connectivity index (χ0n) is 17.0. The Morgan fingerprint density at radius 3 is 2.27 bits per heavy atom. The third-order valence-electron chi connectivity index (χ3n) is 4.56. The van der Waals surface area contributed by atoms with Crippen molar-refractivity contribution in [1.82, 2.24) is 9.55 Å². The second-order valence-corrected chi connectivity index (χ2v) is 8.53. The Kier molecular flexibility index (Phi) is 6.96. The lowest BCUT2D eigenvalue weighted by Crippen LogP contribution is -2.16. The molecule has 0 saturated heterocycles. The smallest absolute Gasteiger partial charge is 0.326 e. The number of imidazole rings is 1. The molecule has 12 heteroatoms. The second-order valence-electron chi connectivity index (χ2n) is 7.06. The Morgan fingerprint density at radius 2 is 1.73 bits per heavy atom. The number of amides is 1. The molecule has 0 aliphatic rings. The molecule has 1 aromatic heterocycles. The molecule has 3 aromatic rings. The van der Waals surface area contributed by atoms with Crippen LogP contribution in [0.5, 0.6) is 0 Å². The molecule has 0 bridgehead atoms. The van der Waals surface area contributed by atoms with Crippen LogP contribution in [0.2, 0.25) is 0 Å². The third kappa shape index (κ3) is 6.21. The third-order valence-corrected chi connectivity index (χ3v) is 5.68. The summed E-state index contributed by atoms with van der Waals surface area (Å²) >= 11 is 0. The van der Waals surface area contributed by atoms with Crippen LogP contribution in [0, 0.1) is 6.92 Å².